The summed E-state index contributed by atoms with van der Waals surface area (Å²) in [4.78, 5) is 0. The summed E-state index contributed by atoms with van der Waals surface area (Å²) in [6.07, 6.45) is 7.19. The molecular formula is C5H3. The smallest absolute Gasteiger partial charge is 0.0209 e. The first-order valence-corrected chi connectivity index (χ1v) is 1.43. The fraction of sp³-hybridized carbons (Fsp3) is 0. The fourth-order valence-corrected chi connectivity index (χ4v) is 0.174. The Hall–Kier alpha value is -0.520. The van der Waals surface area contributed by atoms with Crippen LogP contribution in [-0.4, -0.2) is 0 Å². The zero-order chi connectivity index (χ0) is 3.70. The van der Waals surface area contributed by atoms with Crippen molar-refractivity contribution in [2.24, 2.45) is 0 Å². The molecule has 0 unspecified atom stereocenters. The van der Waals surface area contributed by atoms with Gasteiger partial charge in [-0.1, -0.05) is 6.58 Å². The lowest BCUT2D eigenvalue weighted by atomic mass is 10.1. The van der Waals surface area contributed by atoms with Gasteiger partial charge in [-0.15, -0.1) is 0 Å². The van der Waals surface area contributed by atoms with Crippen molar-refractivity contribution < 1.29 is 0 Å². The number of allylic oxidation sites excluding steroid dienone is 3. The monoisotopic (exact) mass is 63.0 g/mol. The van der Waals surface area contributed by atoms with Gasteiger partial charge in [-0.3, -0.25) is 0 Å². The topological polar surface area (TPSA) is 0 Å². The average Bonchev–Trinajstić information content (AvgIpc) is 1.30. The summed E-state index contributed by atoms with van der Waals surface area (Å²) in [6.45, 7) is 3.53. The van der Waals surface area contributed by atoms with Crippen LogP contribution in [-0.2, 0) is 0 Å². The highest BCUT2D eigenvalue weighted by molar-refractivity contribution is 5.30. The predicted octanol–water partition coefficient (Wildman–Crippen LogP) is 0.923. The van der Waals surface area contributed by atoms with Crippen LogP contribution in [0.3, 0.4) is 0 Å². The van der Waals surface area contributed by atoms with Crippen LogP contribution in [0.1, 0.15) is 0 Å². The van der Waals surface area contributed by atoms with Gasteiger partial charge in [0, 0.05) is 6.42 Å². The van der Waals surface area contributed by atoms with Crippen LogP contribution in [0.5, 0.6) is 0 Å². The third kappa shape index (κ3) is 0.254. The summed E-state index contributed by atoms with van der Waals surface area (Å²) in [5, 5.41) is 0. The second kappa shape index (κ2) is 0.713. The highest BCUT2D eigenvalue weighted by Gasteiger charge is 1.93. The summed E-state index contributed by atoms with van der Waals surface area (Å²) >= 11 is 0. The molecule has 23 valence electrons. The Morgan fingerprint density at radius 3 is 2.20 bits per heavy atom. The Labute approximate surface area is 31.8 Å². The number of hydrogen-bond acceptors (Lipinski definition) is 0. The van der Waals surface area contributed by atoms with Crippen LogP contribution < -0.4 is 0 Å². The van der Waals surface area contributed by atoms with Gasteiger partial charge < -0.3 is 0 Å². The summed E-state index contributed by atoms with van der Waals surface area (Å²) in [5.74, 6) is 0. The SMILES string of the molecule is C=C1[C]=[C][CH]1. The maximum Gasteiger partial charge on any atom is 0.0209 e. The zero-order valence-corrected chi connectivity index (χ0v) is 2.78. The van der Waals surface area contributed by atoms with Crippen LogP contribution >= 0.6 is 0 Å². The van der Waals surface area contributed by atoms with Crippen LogP contribution in [0.15, 0.2) is 12.2 Å². The molecule has 5 heavy (non-hydrogen) atoms. The van der Waals surface area contributed by atoms with Crippen molar-refractivity contribution in [1.29, 1.82) is 0 Å². The lowest BCUT2D eigenvalue weighted by molar-refractivity contribution is 1.39. The highest BCUT2D eigenvalue weighted by atomic mass is 14.0. The molecule has 1 aliphatic carbocycles. The van der Waals surface area contributed by atoms with Crippen molar-refractivity contribution in [3.63, 3.8) is 0 Å². The second-order valence-corrected chi connectivity index (χ2v) is 0.939. The minimum Gasteiger partial charge on any atom is -0.0945 e. The molecule has 0 fully saturated rings. The standard InChI is InChI=1S/C5H3/c1-5-3-2-4-5/h3H,1H2. The first-order valence-electron chi connectivity index (χ1n) is 1.43. The van der Waals surface area contributed by atoms with E-state index in [1.165, 1.54) is 0 Å². The summed E-state index contributed by atoms with van der Waals surface area (Å²) in [6, 6.07) is 0. The number of rotatable bonds is 0. The van der Waals surface area contributed by atoms with Crippen LogP contribution in [0, 0.1) is 18.6 Å². The highest BCUT2D eigenvalue weighted by Crippen LogP contribution is 2.05. The van der Waals surface area contributed by atoms with E-state index in [1.807, 2.05) is 0 Å². The molecule has 0 bridgehead atoms. The van der Waals surface area contributed by atoms with E-state index in [4.69, 9.17) is 0 Å². The van der Waals surface area contributed by atoms with Crippen molar-refractivity contribution in [2.45, 2.75) is 0 Å². The molecule has 0 atom stereocenters. The van der Waals surface area contributed by atoms with E-state index in [9.17, 15) is 0 Å². The zero-order valence-electron chi connectivity index (χ0n) is 2.78. The molecule has 1 aliphatic rings. The quantitative estimate of drug-likeness (QED) is 0.392. The molecule has 0 aromatic rings. The Morgan fingerprint density at radius 1 is 1.80 bits per heavy atom. The van der Waals surface area contributed by atoms with Crippen molar-refractivity contribution in [1.82, 2.24) is 0 Å². The molecule has 0 aliphatic heterocycles. The van der Waals surface area contributed by atoms with Crippen LogP contribution in [0.25, 0.3) is 0 Å². The molecule has 0 nitrogen and oxygen atoms in total. The molecule has 0 aromatic heterocycles. The maximum absolute atomic E-state index is 3.53. The molecule has 3 radical (unpaired) electrons. The van der Waals surface area contributed by atoms with Crippen molar-refractivity contribution in [3.8, 4) is 0 Å². The van der Waals surface area contributed by atoms with E-state index in [1.54, 1.807) is 6.42 Å². The van der Waals surface area contributed by atoms with Crippen LogP contribution in [0.2, 0.25) is 0 Å². The molecular weight excluding hydrogens is 60.1 g/mol. The number of hydrogen-bond donors (Lipinski definition) is 0. The average molecular weight is 63.1 g/mol. The predicted molar refractivity (Wildman–Crippen MR) is 19.9 cm³/mol. The Morgan fingerprint density at radius 2 is 2.20 bits per heavy atom. The fourth-order valence-electron chi connectivity index (χ4n) is 0.174. The van der Waals surface area contributed by atoms with Crippen molar-refractivity contribution in [2.75, 3.05) is 0 Å². The van der Waals surface area contributed by atoms with Gasteiger partial charge in [-0.2, -0.15) is 0 Å². The molecule has 0 N–H and O–H groups in total. The van der Waals surface area contributed by atoms with E-state index >= 15 is 0 Å². The van der Waals surface area contributed by atoms with E-state index in [0.29, 0.717) is 0 Å². The normalized spacial score (nSPS) is 18.8. The summed E-state index contributed by atoms with van der Waals surface area (Å²) in [5.41, 5.74) is 0.949. The molecule has 0 heteroatoms. The van der Waals surface area contributed by atoms with Gasteiger partial charge in [-0.05, 0) is 17.7 Å². The minimum atomic E-state index is 0.949. The van der Waals surface area contributed by atoms with Gasteiger partial charge in [-0.25, -0.2) is 0 Å². The van der Waals surface area contributed by atoms with Gasteiger partial charge in [0.15, 0.2) is 0 Å². The second-order valence-electron chi connectivity index (χ2n) is 0.939. The van der Waals surface area contributed by atoms with E-state index < -0.39 is 0 Å². The van der Waals surface area contributed by atoms with Gasteiger partial charge >= 0.3 is 0 Å². The van der Waals surface area contributed by atoms with Crippen LogP contribution in [0.4, 0.5) is 0 Å². The summed E-state index contributed by atoms with van der Waals surface area (Å²) < 4.78 is 0. The first-order chi connectivity index (χ1) is 2.39. The Balaban J connectivity index is 2.71. The molecule has 0 amide bonds. The molecule has 0 aromatic carbocycles. The van der Waals surface area contributed by atoms with Crippen molar-refractivity contribution in [3.05, 3.63) is 30.7 Å². The van der Waals surface area contributed by atoms with Gasteiger partial charge in [0.25, 0.3) is 0 Å². The Kier molecular flexibility index (Phi) is 0.385. The van der Waals surface area contributed by atoms with Gasteiger partial charge in [0.2, 0.25) is 0 Å². The lowest BCUT2D eigenvalue weighted by Crippen LogP contribution is -1.84. The van der Waals surface area contributed by atoms with Crippen molar-refractivity contribution >= 4 is 0 Å². The first kappa shape index (κ1) is 2.70. The maximum atomic E-state index is 3.53. The Bertz CT molecular complexity index is 78.0. The third-order valence-corrected chi connectivity index (χ3v) is 0.479. The van der Waals surface area contributed by atoms with E-state index in [-0.39, 0.29) is 0 Å². The lowest BCUT2D eigenvalue weighted by Gasteiger charge is -1.96. The molecule has 0 saturated carbocycles. The molecule has 0 spiro atoms. The van der Waals surface area contributed by atoms with E-state index in [0.717, 1.165) is 5.57 Å². The third-order valence-electron chi connectivity index (χ3n) is 0.479. The van der Waals surface area contributed by atoms with Gasteiger partial charge in [0.1, 0.15) is 0 Å². The summed E-state index contributed by atoms with van der Waals surface area (Å²) in [7, 11) is 0. The van der Waals surface area contributed by atoms with Gasteiger partial charge in [0.05, 0.1) is 0 Å². The van der Waals surface area contributed by atoms with E-state index in [2.05, 4.69) is 18.7 Å². The minimum absolute atomic E-state index is 0.949. The molecule has 0 heterocycles. The largest absolute Gasteiger partial charge is 0.0945 e. The molecule has 1 rings (SSSR count). The molecule has 0 saturated heterocycles.